The van der Waals surface area contributed by atoms with Crippen molar-refractivity contribution in [1.29, 1.82) is 0 Å². The van der Waals surface area contributed by atoms with Crippen molar-refractivity contribution in [2.45, 2.75) is 43.7 Å². The number of carbonyl (C=O) groups excluding carboxylic acids is 1. The van der Waals surface area contributed by atoms with Crippen molar-refractivity contribution < 1.29 is 9.21 Å². The monoisotopic (exact) mass is 416 g/mol. The predicted molar refractivity (Wildman–Crippen MR) is 113 cm³/mol. The number of amides is 1. The first-order valence-electron chi connectivity index (χ1n) is 8.99. The number of hydrogen-bond donors (Lipinski definition) is 1. The molecule has 0 saturated heterocycles. The number of carbonyl (C=O) groups is 1. The van der Waals surface area contributed by atoms with Crippen LogP contribution in [0.1, 0.15) is 32.1 Å². The zero-order valence-corrected chi connectivity index (χ0v) is 17.8. The molecule has 0 bridgehead atoms. The minimum Gasteiger partial charge on any atom is -0.467 e. The summed E-state index contributed by atoms with van der Waals surface area (Å²) in [5, 5.41) is 12.2. The number of benzene rings is 1. The average molecular weight is 417 g/mol. The standard InChI is InChI=1S/C20H24N4O2S2/c1-20(2,3)24(13-15-8-5-4-6-9-15)17(25)14-27-19-23-22-18(28-19)21-12-16-10-7-11-26-16/h4-11H,12-14H2,1-3H3,(H,21,22). The SMILES string of the molecule is CC(C)(C)N(Cc1ccccc1)C(=O)CSc1nnc(NCc2ccco2)s1. The fraction of sp³-hybridized carbons (Fsp3) is 0.350. The van der Waals surface area contributed by atoms with Crippen LogP contribution in [0.3, 0.4) is 0 Å². The molecule has 0 spiro atoms. The molecule has 1 aromatic carbocycles. The Morgan fingerprint density at radius 1 is 1.18 bits per heavy atom. The Morgan fingerprint density at radius 3 is 2.64 bits per heavy atom. The summed E-state index contributed by atoms with van der Waals surface area (Å²) in [5.74, 6) is 1.25. The fourth-order valence-corrected chi connectivity index (χ4v) is 4.21. The molecule has 1 N–H and O–H groups in total. The third kappa shape index (κ3) is 5.84. The van der Waals surface area contributed by atoms with Crippen molar-refractivity contribution in [3.8, 4) is 0 Å². The Morgan fingerprint density at radius 2 is 1.96 bits per heavy atom. The third-order valence-corrected chi connectivity index (χ3v) is 6.01. The number of nitrogens with zero attached hydrogens (tertiary/aromatic N) is 3. The molecular formula is C20H24N4O2S2. The number of hydrogen-bond acceptors (Lipinski definition) is 7. The van der Waals surface area contributed by atoms with E-state index in [9.17, 15) is 4.79 Å². The van der Waals surface area contributed by atoms with E-state index >= 15 is 0 Å². The second kappa shape index (κ2) is 9.25. The molecule has 0 atom stereocenters. The largest absolute Gasteiger partial charge is 0.467 e. The van der Waals surface area contributed by atoms with E-state index in [0.29, 0.717) is 24.0 Å². The lowest BCUT2D eigenvalue weighted by molar-refractivity contribution is -0.133. The number of aromatic nitrogens is 2. The number of anilines is 1. The van der Waals surface area contributed by atoms with Crippen molar-refractivity contribution in [1.82, 2.24) is 15.1 Å². The van der Waals surface area contributed by atoms with E-state index in [1.54, 1.807) is 6.26 Å². The average Bonchev–Trinajstić information content (AvgIpc) is 3.34. The maximum absolute atomic E-state index is 12.9. The van der Waals surface area contributed by atoms with E-state index in [2.05, 4.69) is 36.3 Å². The molecule has 0 unspecified atom stereocenters. The summed E-state index contributed by atoms with van der Waals surface area (Å²) in [6.45, 7) is 7.32. The summed E-state index contributed by atoms with van der Waals surface area (Å²) in [5.41, 5.74) is 0.862. The van der Waals surface area contributed by atoms with Crippen LogP contribution >= 0.6 is 23.1 Å². The molecule has 2 aromatic heterocycles. The highest BCUT2D eigenvalue weighted by atomic mass is 32.2. The molecule has 2 heterocycles. The van der Waals surface area contributed by atoms with E-state index in [0.717, 1.165) is 15.7 Å². The lowest BCUT2D eigenvalue weighted by Crippen LogP contribution is -2.45. The van der Waals surface area contributed by atoms with Gasteiger partial charge in [-0.3, -0.25) is 4.79 Å². The quantitative estimate of drug-likeness (QED) is 0.539. The third-order valence-electron chi connectivity index (χ3n) is 4.01. The molecule has 8 heteroatoms. The summed E-state index contributed by atoms with van der Waals surface area (Å²) in [7, 11) is 0. The van der Waals surface area contributed by atoms with Crippen LogP contribution in [0, 0.1) is 0 Å². The maximum atomic E-state index is 12.9. The lowest BCUT2D eigenvalue weighted by atomic mass is 10.0. The van der Waals surface area contributed by atoms with Crippen LogP contribution in [0.25, 0.3) is 0 Å². The summed E-state index contributed by atoms with van der Waals surface area (Å²) < 4.78 is 6.05. The van der Waals surface area contributed by atoms with E-state index in [1.165, 1.54) is 23.1 Å². The molecule has 0 fully saturated rings. The summed E-state index contributed by atoms with van der Waals surface area (Å²) >= 11 is 2.86. The Labute approximate surface area is 173 Å². The highest BCUT2D eigenvalue weighted by Gasteiger charge is 2.26. The second-order valence-corrected chi connectivity index (χ2v) is 9.43. The first-order chi connectivity index (χ1) is 13.4. The topological polar surface area (TPSA) is 71.3 Å². The Bertz CT molecular complexity index is 873. The van der Waals surface area contributed by atoms with Crippen molar-refractivity contribution in [3.05, 3.63) is 60.1 Å². The van der Waals surface area contributed by atoms with Crippen LogP contribution < -0.4 is 5.32 Å². The molecule has 0 aliphatic carbocycles. The highest BCUT2D eigenvalue weighted by molar-refractivity contribution is 8.01. The second-order valence-electron chi connectivity index (χ2n) is 7.23. The van der Waals surface area contributed by atoms with Crippen molar-refractivity contribution in [3.63, 3.8) is 0 Å². The molecule has 28 heavy (non-hydrogen) atoms. The van der Waals surface area contributed by atoms with Crippen molar-refractivity contribution in [2.24, 2.45) is 0 Å². The van der Waals surface area contributed by atoms with Gasteiger partial charge in [-0.05, 0) is 38.5 Å². The van der Waals surface area contributed by atoms with Gasteiger partial charge in [0.1, 0.15) is 5.76 Å². The molecule has 3 rings (SSSR count). The zero-order valence-electron chi connectivity index (χ0n) is 16.2. The highest BCUT2D eigenvalue weighted by Crippen LogP contribution is 2.27. The van der Waals surface area contributed by atoms with Crippen LogP contribution in [0.5, 0.6) is 0 Å². The van der Waals surface area contributed by atoms with Crippen LogP contribution in [-0.4, -0.2) is 32.3 Å². The lowest BCUT2D eigenvalue weighted by Gasteiger charge is -2.36. The van der Waals surface area contributed by atoms with E-state index in [1.807, 2.05) is 47.4 Å². The van der Waals surface area contributed by atoms with Gasteiger partial charge in [0.25, 0.3) is 0 Å². The summed E-state index contributed by atoms with van der Waals surface area (Å²) in [6, 6.07) is 13.8. The normalized spacial score (nSPS) is 11.4. The van der Waals surface area contributed by atoms with E-state index in [-0.39, 0.29) is 11.4 Å². The minimum atomic E-state index is -0.260. The molecule has 0 radical (unpaired) electrons. The van der Waals surface area contributed by atoms with Crippen LogP contribution in [-0.2, 0) is 17.9 Å². The number of rotatable bonds is 8. The van der Waals surface area contributed by atoms with Crippen LogP contribution in [0.4, 0.5) is 5.13 Å². The molecule has 1 amide bonds. The van der Waals surface area contributed by atoms with Crippen molar-refractivity contribution in [2.75, 3.05) is 11.1 Å². The van der Waals surface area contributed by atoms with Gasteiger partial charge < -0.3 is 14.6 Å². The first kappa shape index (κ1) is 20.4. The molecule has 3 aromatic rings. The molecule has 0 saturated carbocycles. The summed E-state index contributed by atoms with van der Waals surface area (Å²) in [6.07, 6.45) is 1.64. The smallest absolute Gasteiger partial charge is 0.233 e. The maximum Gasteiger partial charge on any atom is 0.233 e. The van der Waals surface area contributed by atoms with Crippen molar-refractivity contribution >= 4 is 34.1 Å². The van der Waals surface area contributed by atoms with E-state index < -0.39 is 0 Å². The molecule has 6 nitrogen and oxygen atoms in total. The van der Waals surface area contributed by atoms with Gasteiger partial charge in [0.2, 0.25) is 11.0 Å². The van der Waals surface area contributed by atoms with Gasteiger partial charge in [-0.25, -0.2) is 0 Å². The zero-order chi connectivity index (χ0) is 20.0. The van der Waals surface area contributed by atoms with Gasteiger partial charge >= 0.3 is 0 Å². The van der Waals surface area contributed by atoms with Crippen LogP contribution in [0.2, 0.25) is 0 Å². The molecular weight excluding hydrogens is 392 g/mol. The Kier molecular flexibility index (Phi) is 6.74. The Balaban J connectivity index is 1.55. The van der Waals surface area contributed by atoms with Gasteiger partial charge in [0, 0.05) is 12.1 Å². The van der Waals surface area contributed by atoms with Gasteiger partial charge in [-0.2, -0.15) is 0 Å². The number of furan rings is 1. The Hall–Kier alpha value is -2.32. The minimum absolute atomic E-state index is 0.0849. The molecule has 148 valence electrons. The predicted octanol–water partition coefficient (Wildman–Crippen LogP) is 4.66. The van der Waals surface area contributed by atoms with Gasteiger partial charge in [0.05, 0.1) is 18.6 Å². The van der Waals surface area contributed by atoms with Gasteiger partial charge in [-0.1, -0.05) is 53.4 Å². The van der Waals surface area contributed by atoms with E-state index in [4.69, 9.17) is 4.42 Å². The fourth-order valence-electron chi connectivity index (χ4n) is 2.58. The van der Waals surface area contributed by atoms with Crippen LogP contribution in [0.15, 0.2) is 57.5 Å². The number of nitrogens with one attached hydrogen (secondary N) is 1. The number of thioether (sulfide) groups is 1. The van der Waals surface area contributed by atoms with Gasteiger partial charge in [-0.15, -0.1) is 10.2 Å². The molecule has 0 aliphatic heterocycles. The first-order valence-corrected chi connectivity index (χ1v) is 10.8. The summed E-state index contributed by atoms with van der Waals surface area (Å²) in [4.78, 5) is 14.8. The van der Waals surface area contributed by atoms with Gasteiger partial charge in [0.15, 0.2) is 4.34 Å². The molecule has 0 aliphatic rings.